The highest BCUT2D eigenvalue weighted by Gasteiger charge is 2.37. The number of carbonyl (C=O) groups excluding carboxylic acids is 1. The van der Waals surface area contributed by atoms with Crippen LogP contribution >= 0.6 is 0 Å². The smallest absolute Gasteiger partial charge is 0.298 e. The molecule has 0 saturated heterocycles. The Balaban J connectivity index is 1.04. The lowest BCUT2D eigenvalue weighted by Crippen LogP contribution is -2.15. The summed E-state index contributed by atoms with van der Waals surface area (Å²) in [6.07, 6.45) is 0. The molecule has 1 aliphatic carbocycles. The molecule has 0 amide bonds. The average molecular weight is 935 g/mol. The summed E-state index contributed by atoms with van der Waals surface area (Å²) in [5.41, 5.74) is 13.6. The van der Waals surface area contributed by atoms with Crippen molar-refractivity contribution < 1.29 is 22.5 Å². The number of para-hydroxylation sites is 2. The van der Waals surface area contributed by atoms with Crippen LogP contribution in [0.1, 0.15) is 46.5 Å². The summed E-state index contributed by atoms with van der Waals surface area (Å²) in [6.45, 7) is 6.24. The Morgan fingerprint density at radius 2 is 1.24 bits per heavy atom. The SMILES string of the molecule is COc1cc(C)c(C(=O)c2ccc(-c3ccc4c(c3)c3cc5c(cc3n4-c3nc(-c4ccccc4)nc(-c4ccccc4)n3)C(C)(C)c3ccc(-c4nc6ccccc6[nH]4)cc3-5)cc2)cc1S(=O)(=O)O. The highest BCUT2D eigenvalue weighted by molar-refractivity contribution is 7.86. The Morgan fingerprint density at radius 3 is 1.91 bits per heavy atom. The van der Waals surface area contributed by atoms with E-state index in [0.717, 1.165) is 83.7 Å². The van der Waals surface area contributed by atoms with Crippen molar-refractivity contribution in [1.82, 2.24) is 29.5 Å². The van der Waals surface area contributed by atoms with Crippen molar-refractivity contribution in [1.29, 1.82) is 0 Å². The van der Waals surface area contributed by atoms with Crippen LogP contribution in [0.15, 0.2) is 175 Å². The van der Waals surface area contributed by atoms with Crippen LogP contribution in [0.3, 0.4) is 0 Å². The van der Waals surface area contributed by atoms with Gasteiger partial charge in [0.25, 0.3) is 10.1 Å². The van der Waals surface area contributed by atoms with E-state index in [0.29, 0.717) is 28.7 Å². The second kappa shape index (κ2) is 16.0. The van der Waals surface area contributed by atoms with Gasteiger partial charge in [-0.3, -0.25) is 13.9 Å². The molecular formula is C58H42N6O5S. The first-order valence-corrected chi connectivity index (χ1v) is 24.2. The van der Waals surface area contributed by atoms with E-state index < -0.39 is 20.8 Å². The minimum Gasteiger partial charge on any atom is -0.495 e. The molecule has 340 valence electrons. The zero-order chi connectivity index (χ0) is 48.1. The number of nitrogens with zero attached hydrogens (tertiary/aromatic N) is 5. The van der Waals surface area contributed by atoms with Crippen LogP contribution in [0.4, 0.5) is 0 Å². The van der Waals surface area contributed by atoms with Crippen LogP contribution in [0.25, 0.3) is 95.2 Å². The first kappa shape index (κ1) is 42.8. The number of fused-ring (bicyclic) bond motifs is 7. The number of H-pyrrole nitrogens is 1. The summed E-state index contributed by atoms with van der Waals surface area (Å²) >= 11 is 0. The van der Waals surface area contributed by atoms with Crippen molar-refractivity contribution in [2.75, 3.05) is 7.11 Å². The van der Waals surface area contributed by atoms with E-state index in [9.17, 15) is 17.8 Å². The quantitative estimate of drug-likeness (QED) is 0.106. The number of rotatable bonds is 9. The Bertz CT molecular complexity index is 3980. The molecule has 0 bridgehead atoms. The fourth-order valence-corrected chi connectivity index (χ4v) is 10.7. The zero-order valence-corrected chi connectivity index (χ0v) is 39.2. The van der Waals surface area contributed by atoms with E-state index in [1.54, 1.807) is 19.1 Å². The Labute approximate surface area is 402 Å². The number of imidazole rings is 1. The second-order valence-corrected chi connectivity index (χ2v) is 19.6. The second-order valence-electron chi connectivity index (χ2n) is 18.2. The molecule has 0 fully saturated rings. The van der Waals surface area contributed by atoms with E-state index in [1.807, 2.05) is 97.1 Å². The van der Waals surface area contributed by atoms with E-state index in [-0.39, 0.29) is 16.7 Å². The van der Waals surface area contributed by atoms with Gasteiger partial charge in [0.15, 0.2) is 17.4 Å². The molecule has 3 aromatic heterocycles. The molecule has 8 aromatic carbocycles. The number of nitrogens with one attached hydrogen (secondary N) is 1. The van der Waals surface area contributed by atoms with Gasteiger partial charge in [0, 0.05) is 44.0 Å². The fourth-order valence-electron chi connectivity index (χ4n) is 10.0. The lowest BCUT2D eigenvalue weighted by molar-refractivity contribution is 0.103. The van der Waals surface area contributed by atoms with Gasteiger partial charge in [0.2, 0.25) is 5.95 Å². The number of benzene rings is 8. The van der Waals surface area contributed by atoms with Crippen LogP contribution in [0, 0.1) is 6.92 Å². The first-order valence-electron chi connectivity index (χ1n) is 22.8. The van der Waals surface area contributed by atoms with Gasteiger partial charge >= 0.3 is 0 Å². The number of hydrogen-bond acceptors (Lipinski definition) is 8. The maximum absolute atomic E-state index is 13.9. The Morgan fingerprint density at radius 1 is 0.614 bits per heavy atom. The predicted molar refractivity (Wildman–Crippen MR) is 274 cm³/mol. The molecule has 12 heteroatoms. The van der Waals surface area contributed by atoms with E-state index in [1.165, 1.54) is 24.3 Å². The fraction of sp³-hybridized carbons (Fsp3) is 0.0862. The molecule has 70 heavy (non-hydrogen) atoms. The maximum atomic E-state index is 13.9. The van der Waals surface area contributed by atoms with Crippen LogP contribution in [0.5, 0.6) is 5.75 Å². The third-order valence-electron chi connectivity index (χ3n) is 13.6. The number of carbonyl (C=O) groups is 1. The number of aromatic nitrogens is 6. The average Bonchev–Trinajstić information content (AvgIpc) is 4.03. The highest BCUT2D eigenvalue weighted by Crippen LogP contribution is 2.52. The third kappa shape index (κ3) is 6.98. The molecule has 11 nitrogen and oxygen atoms in total. The van der Waals surface area contributed by atoms with E-state index in [2.05, 4.69) is 71.9 Å². The van der Waals surface area contributed by atoms with Crippen molar-refractivity contribution in [3.8, 4) is 68.1 Å². The van der Waals surface area contributed by atoms with Crippen molar-refractivity contribution in [3.05, 3.63) is 198 Å². The first-order chi connectivity index (χ1) is 33.8. The van der Waals surface area contributed by atoms with E-state index >= 15 is 0 Å². The Hall–Kier alpha value is -8.58. The predicted octanol–water partition coefficient (Wildman–Crippen LogP) is 12.6. The molecule has 0 unspecified atom stereocenters. The number of aromatic amines is 1. The largest absolute Gasteiger partial charge is 0.495 e. The molecule has 0 saturated carbocycles. The minimum absolute atomic E-state index is 0.0438. The van der Waals surface area contributed by atoms with Crippen LogP contribution in [-0.2, 0) is 15.5 Å². The number of ketones is 1. The summed E-state index contributed by atoms with van der Waals surface area (Å²) < 4.78 is 41.7. The van der Waals surface area contributed by atoms with Gasteiger partial charge in [-0.15, -0.1) is 0 Å². The Kier molecular flexibility index (Phi) is 9.78. The molecule has 12 rings (SSSR count). The highest BCUT2D eigenvalue weighted by atomic mass is 32.2. The molecule has 0 radical (unpaired) electrons. The van der Waals surface area contributed by atoms with E-state index in [4.69, 9.17) is 24.7 Å². The molecule has 0 aliphatic heterocycles. The lowest BCUT2D eigenvalue weighted by atomic mass is 9.82. The lowest BCUT2D eigenvalue weighted by Gasteiger charge is -2.22. The number of hydrogen-bond donors (Lipinski definition) is 2. The topological polar surface area (TPSA) is 153 Å². The maximum Gasteiger partial charge on any atom is 0.298 e. The molecular weight excluding hydrogens is 893 g/mol. The molecule has 1 aliphatic rings. The van der Waals surface area contributed by atoms with Gasteiger partial charge in [-0.05, 0) is 100 Å². The van der Waals surface area contributed by atoms with Crippen LogP contribution in [0.2, 0.25) is 0 Å². The summed E-state index contributed by atoms with van der Waals surface area (Å²) in [6, 6.07) is 55.4. The van der Waals surface area contributed by atoms with Gasteiger partial charge < -0.3 is 9.72 Å². The van der Waals surface area contributed by atoms with Crippen molar-refractivity contribution in [2.24, 2.45) is 0 Å². The summed E-state index contributed by atoms with van der Waals surface area (Å²) in [5.74, 6) is 1.96. The number of ether oxygens (including phenoxy) is 1. The number of methoxy groups -OCH3 is 1. The molecule has 3 heterocycles. The van der Waals surface area contributed by atoms with Crippen molar-refractivity contribution >= 4 is 48.7 Å². The normalized spacial score (nSPS) is 12.9. The van der Waals surface area contributed by atoms with Gasteiger partial charge in [0.1, 0.15) is 16.5 Å². The van der Waals surface area contributed by atoms with Crippen molar-refractivity contribution in [3.63, 3.8) is 0 Å². The number of aryl methyl sites for hydroxylation is 1. The minimum atomic E-state index is -4.66. The van der Waals surface area contributed by atoms with Crippen LogP contribution in [-0.4, -0.2) is 55.4 Å². The third-order valence-corrected chi connectivity index (χ3v) is 14.5. The van der Waals surface area contributed by atoms with Gasteiger partial charge in [-0.2, -0.15) is 18.4 Å². The summed E-state index contributed by atoms with van der Waals surface area (Å²) in [5, 5.41) is 1.98. The summed E-state index contributed by atoms with van der Waals surface area (Å²) in [4.78, 5) is 37.3. The van der Waals surface area contributed by atoms with Gasteiger partial charge in [0.05, 0.1) is 29.2 Å². The van der Waals surface area contributed by atoms with Crippen LogP contribution < -0.4 is 4.74 Å². The molecule has 0 spiro atoms. The van der Waals surface area contributed by atoms with Gasteiger partial charge in [-0.25, -0.2) is 9.97 Å². The standard InChI is InChI=1S/C58H42N6O5S/c1-33-27-51(69-4)52(70(66,67)68)31-40(33)53(65)35-21-19-34(20-22-35)38-24-26-49-43(28-38)44-30-42-41-29-39(56-59-47-17-11-12-18-48(47)60-56)23-25-45(41)58(2,3)46(42)32-50(44)64(49)57-62-54(36-13-7-5-8-14-36)61-55(63-57)37-15-9-6-10-16-37/h5-32H,1-4H3,(H,59,60)(H,66,67,68). The molecule has 2 N–H and O–H groups in total. The zero-order valence-electron chi connectivity index (χ0n) is 38.4. The molecule has 0 atom stereocenters. The monoisotopic (exact) mass is 934 g/mol. The van der Waals surface area contributed by atoms with Crippen molar-refractivity contribution in [2.45, 2.75) is 31.1 Å². The molecule has 11 aromatic rings. The van der Waals surface area contributed by atoms with Gasteiger partial charge in [-0.1, -0.05) is 129 Å². The summed E-state index contributed by atoms with van der Waals surface area (Å²) in [7, 11) is -3.35.